The van der Waals surface area contributed by atoms with Crippen LogP contribution >= 0.6 is 38.9 Å². The number of nitrogens with one attached hydrogen (secondary N) is 1. The molecule has 0 saturated heterocycles. The van der Waals surface area contributed by atoms with Gasteiger partial charge in [0.05, 0.1) is 5.69 Å². The molecule has 20 heavy (non-hydrogen) atoms. The first-order chi connectivity index (χ1) is 9.31. The zero-order valence-electron chi connectivity index (χ0n) is 9.50. The number of rotatable bonds is 4. The molecule has 0 radical (unpaired) electrons. The number of pyridine rings is 1. The van der Waals surface area contributed by atoms with E-state index < -0.39 is 16.0 Å². The molecular formula is C10H6BrClN2O4S2. The predicted octanol–water partition coefficient (Wildman–Crippen LogP) is 3.06. The summed E-state index contributed by atoms with van der Waals surface area (Å²) >= 11 is 9.76. The molecule has 6 nitrogen and oxygen atoms in total. The highest BCUT2D eigenvalue weighted by molar-refractivity contribution is 9.10. The van der Waals surface area contributed by atoms with E-state index in [2.05, 4.69) is 25.6 Å². The lowest BCUT2D eigenvalue weighted by Gasteiger charge is -2.09. The van der Waals surface area contributed by atoms with Gasteiger partial charge < -0.3 is 5.11 Å². The lowest BCUT2D eigenvalue weighted by Crippen LogP contribution is -2.15. The fraction of sp³-hybridized carbons (Fsp3) is 0. The number of aromatic nitrogens is 1. The van der Waals surface area contributed by atoms with Gasteiger partial charge in [-0.3, -0.25) is 4.72 Å². The number of carbonyl (C=O) groups is 1. The van der Waals surface area contributed by atoms with E-state index >= 15 is 0 Å². The Kier molecular flexibility index (Phi) is 4.33. The molecule has 2 heterocycles. The van der Waals surface area contributed by atoms with Crippen LogP contribution in [0.2, 0.25) is 5.15 Å². The Morgan fingerprint density at radius 1 is 1.50 bits per heavy atom. The summed E-state index contributed by atoms with van der Waals surface area (Å²) in [5.74, 6) is -1.31. The minimum Gasteiger partial charge on any atom is -0.477 e. The van der Waals surface area contributed by atoms with Crippen LogP contribution in [0.5, 0.6) is 0 Å². The lowest BCUT2D eigenvalue weighted by molar-refractivity contribution is 0.0698. The Morgan fingerprint density at radius 2 is 2.20 bits per heavy atom. The number of halogens is 2. The third-order valence-corrected chi connectivity index (χ3v) is 5.34. The second-order valence-corrected chi connectivity index (χ2v) is 7.36. The van der Waals surface area contributed by atoms with Gasteiger partial charge in [-0.05, 0) is 33.4 Å². The smallest absolute Gasteiger partial charge is 0.347 e. The summed E-state index contributed by atoms with van der Waals surface area (Å²) in [4.78, 5) is 14.2. The first kappa shape index (κ1) is 15.2. The molecule has 0 unspecified atom stereocenters. The number of nitrogens with zero attached hydrogens (tertiary/aromatic N) is 1. The van der Waals surface area contributed by atoms with Gasteiger partial charge in [-0.15, -0.1) is 11.3 Å². The molecule has 2 aromatic rings. The minimum atomic E-state index is -4.05. The quantitative estimate of drug-likeness (QED) is 0.773. The van der Waals surface area contributed by atoms with Crippen molar-refractivity contribution in [2.24, 2.45) is 0 Å². The fourth-order valence-corrected chi connectivity index (χ4v) is 4.22. The standard InChI is InChI=1S/C10H6BrClN2O4S2/c11-5-3-6(9(12)13-4-5)14-20(17,18)7-1-2-19-8(7)10(15)16/h1-4,14H,(H,15,16). The maximum absolute atomic E-state index is 12.2. The van der Waals surface area contributed by atoms with Gasteiger partial charge >= 0.3 is 5.97 Å². The minimum absolute atomic E-state index is 0.0381. The molecule has 10 heteroatoms. The molecule has 106 valence electrons. The van der Waals surface area contributed by atoms with E-state index in [4.69, 9.17) is 16.7 Å². The van der Waals surface area contributed by atoms with Gasteiger partial charge in [-0.25, -0.2) is 18.2 Å². The van der Waals surface area contributed by atoms with E-state index in [1.54, 1.807) is 0 Å². The van der Waals surface area contributed by atoms with E-state index in [1.165, 1.54) is 23.7 Å². The molecule has 0 saturated carbocycles. The molecule has 0 spiro atoms. The Hall–Kier alpha value is -1.16. The van der Waals surface area contributed by atoms with Gasteiger partial charge in [0.1, 0.15) is 9.77 Å². The van der Waals surface area contributed by atoms with Crippen molar-refractivity contribution in [2.75, 3.05) is 4.72 Å². The van der Waals surface area contributed by atoms with Gasteiger partial charge in [-0.2, -0.15) is 0 Å². The third-order valence-electron chi connectivity index (χ3n) is 2.16. The van der Waals surface area contributed by atoms with E-state index in [0.717, 1.165) is 11.3 Å². The Balaban J connectivity index is 2.44. The SMILES string of the molecule is O=C(O)c1sccc1S(=O)(=O)Nc1cc(Br)cnc1Cl. The first-order valence-corrected chi connectivity index (χ1v) is 8.49. The van der Waals surface area contributed by atoms with Crippen molar-refractivity contribution in [1.29, 1.82) is 0 Å². The third kappa shape index (κ3) is 3.11. The molecule has 0 atom stereocenters. The van der Waals surface area contributed by atoms with Gasteiger partial charge in [0, 0.05) is 10.7 Å². The number of carboxylic acid groups (broad SMARTS) is 1. The Morgan fingerprint density at radius 3 is 2.85 bits per heavy atom. The number of hydrogen-bond donors (Lipinski definition) is 2. The zero-order valence-corrected chi connectivity index (χ0v) is 13.5. The number of thiophene rings is 1. The summed E-state index contributed by atoms with van der Waals surface area (Å²) in [6.45, 7) is 0. The van der Waals surface area contributed by atoms with Gasteiger partial charge in [0.2, 0.25) is 0 Å². The highest BCUT2D eigenvalue weighted by Crippen LogP contribution is 2.28. The van der Waals surface area contributed by atoms with Crippen LogP contribution in [0.15, 0.2) is 33.1 Å². The molecule has 0 aliphatic rings. The summed E-state index contributed by atoms with van der Waals surface area (Å²) < 4.78 is 27.1. The molecule has 0 bridgehead atoms. The summed E-state index contributed by atoms with van der Waals surface area (Å²) in [6, 6.07) is 2.65. The summed E-state index contributed by atoms with van der Waals surface area (Å²) in [5.41, 5.74) is 0.0589. The highest BCUT2D eigenvalue weighted by atomic mass is 79.9. The first-order valence-electron chi connectivity index (χ1n) is 4.96. The van der Waals surface area contributed by atoms with Crippen LogP contribution in [0, 0.1) is 0 Å². The molecule has 0 aliphatic heterocycles. The number of anilines is 1. The predicted molar refractivity (Wildman–Crippen MR) is 79.0 cm³/mol. The van der Waals surface area contributed by atoms with E-state index in [0.29, 0.717) is 4.47 Å². The topological polar surface area (TPSA) is 96.4 Å². The maximum Gasteiger partial charge on any atom is 0.347 e. The van der Waals surface area contributed by atoms with Crippen LogP contribution in [0.25, 0.3) is 0 Å². The van der Waals surface area contributed by atoms with Crippen LogP contribution in [-0.4, -0.2) is 24.5 Å². The van der Waals surface area contributed by atoms with Crippen molar-refractivity contribution in [3.63, 3.8) is 0 Å². The van der Waals surface area contributed by atoms with E-state index in [-0.39, 0.29) is 20.6 Å². The van der Waals surface area contributed by atoms with Crippen molar-refractivity contribution in [2.45, 2.75) is 4.90 Å². The van der Waals surface area contributed by atoms with Gasteiger partial charge in [0.25, 0.3) is 10.0 Å². The summed E-state index contributed by atoms with van der Waals surface area (Å²) in [6.07, 6.45) is 1.41. The van der Waals surface area contributed by atoms with Crippen LogP contribution in [0.4, 0.5) is 5.69 Å². The van der Waals surface area contributed by atoms with Crippen LogP contribution < -0.4 is 4.72 Å². The summed E-state index contributed by atoms with van der Waals surface area (Å²) in [7, 11) is -4.05. The molecule has 2 aromatic heterocycles. The number of carboxylic acids is 1. The average Bonchev–Trinajstić information content (AvgIpc) is 2.83. The van der Waals surface area contributed by atoms with Gasteiger partial charge in [-0.1, -0.05) is 11.6 Å². The molecule has 0 aliphatic carbocycles. The second kappa shape index (κ2) is 5.68. The van der Waals surface area contributed by atoms with Crippen molar-refractivity contribution < 1.29 is 18.3 Å². The lowest BCUT2D eigenvalue weighted by atomic mass is 10.4. The molecule has 0 amide bonds. The molecule has 0 aromatic carbocycles. The molecule has 2 N–H and O–H groups in total. The monoisotopic (exact) mass is 396 g/mol. The highest BCUT2D eigenvalue weighted by Gasteiger charge is 2.24. The zero-order chi connectivity index (χ0) is 14.9. The van der Waals surface area contributed by atoms with Crippen LogP contribution in [-0.2, 0) is 10.0 Å². The van der Waals surface area contributed by atoms with Crippen molar-refractivity contribution in [3.8, 4) is 0 Å². The summed E-state index contributed by atoms with van der Waals surface area (Å²) in [5, 5.41) is 10.3. The number of hydrogen-bond acceptors (Lipinski definition) is 5. The Labute approximate surface area is 131 Å². The van der Waals surface area contributed by atoms with Crippen molar-refractivity contribution in [1.82, 2.24) is 4.98 Å². The fourth-order valence-electron chi connectivity index (χ4n) is 1.36. The van der Waals surface area contributed by atoms with E-state index in [9.17, 15) is 13.2 Å². The van der Waals surface area contributed by atoms with Crippen molar-refractivity contribution >= 4 is 60.5 Å². The second-order valence-electron chi connectivity index (χ2n) is 3.52. The molecule has 2 rings (SSSR count). The van der Waals surface area contributed by atoms with Crippen LogP contribution in [0.1, 0.15) is 9.67 Å². The van der Waals surface area contributed by atoms with Gasteiger partial charge in [0.15, 0.2) is 5.15 Å². The average molecular weight is 398 g/mol. The Bertz CT molecular complexity index is 775. The van der Waals surface area contributed by atoms with E-state index in [1.807, 2.05) is 0 Å². The largest absolute Gasteiger partial charge is 0.477 e. The number of aromatic carboxylic acids is 1. The van der Waals surface area contributed by atoms with Crippen LogP contribution in [0.3, 0.4) is 0 Å². The molecular weight excluding hydrogens is 392 g/mol. The number of sulfonamides is 1. The maximum atomic E-state index is 12.2. The normalized spacial score (nSPS) is 11.3. The molecule has 0 fully saturated rings. The van der Waals surface area contributed by atoms with Crippen molar-refractivity contribution in [3.05, 3.63) is 38.2 Å².